The summed E-state index contributed by atoms with van der Waals surface area (Å²) in [5.41, 5.74) is 1.60. The van der Waals surface area contributed by atoms with Crippen molar-refractivity contribution in [3.8, 4) is 16.8 Å². The minimum absolute atomic E-state index is 0.0192. The van der Waals surface area contributed by atoms with Crippen LogP contribution in [0.15, 0.2) is 96.9 Å². The van der Waals surface area contributed by atoms with Crippen LogP contribution in [0.1, 0.15) is 9.60 Å². The van der Waals surface area contributed by atoms with Crippen molar-refractivity contribution in [2.24, 2.45) is 0 Å². The Hall–Kier alpha value is -3.34. The predicted octanol–water partition coefficient (Wildman–Crippen LogP) is 4.13. The summed E-state index contributed by atoms with van der Waals surface area (Å²) in [6.45, 7) is 0. The van der Waals surface area contributed by atoms with Crippen LogP contribution in [0.25, 0.3) is 38.6 Å². The molecule has 4 heteroatoms. The molecule has 2 N–H and O–H groups in total. The number of hydrogen-bond donors (Lipinski definition) is 2. The maximum absolute atomic E-state index is 9.86. The van der Waals surface area contributed by atoms with E-state index in [9.17, 15) is 10.0 Å². The van der Waals surface area contributed by atoms with E-state index >= 15 is 0 Å². The Labute approximate surface area is 173 Å². The summed E-state index contributed by atoms with van der Waals surface area (Å²) in [6, 6.07) is 13.3. The van der Waals surface area contributed by atoms with Gasteiger partial charge in [0.2, 0.25) is 0 Å². The summed E-state index contributed by atoms with van der Waals surface area (Å²) in [5, 5.41) is 19.6. The highest BCUT2D eigenvalue weighted by Gasteiger charge is 2.18. The highest BCUT2D eigenvalue weighted by molar-refractivity contribution is 6.59. The van der Waals surface area contributed by atoms with E-state index in [0.29, 0.717) is 11.3 Å². The fourth-order valence-electron chi connectivity index (χ4n) is 3.43. The van der Waals surface area contributed by atoms with E-state index < -0.39 is 48.8 Å². The molecule has 0 atom stereocenters. The molecule has 0 unspecified atom stereocenters. The van der Waals surface area contributed by atoms with Crippen LogP contribution in [0.4, 0.5) is 0 Å². The van der Waals surface area contributed by atoms with Gasteiger partial charge < -0.3 is 14.6 Å². The summed E-state index contributed by atoms with van der Waals surface area (Å²) < 4.78 is 61.0. The smallest absolute Gasteiger partial charge is 0.423 e. The Morgan fingerprint density at radius 2 is 1.46 bits per heavy atom. The second-order valence-electron chi connectivity index (χ2n) is 6.33. The molecule has 0 spiro atoms. The molecule has 0 aliphatic carbocycles. The molecule has 28 heavy (non-hydrogen) atoms. The van der Waals surface area contributed by atoms with Gasteiger partial charge in [-0.15, -0.1) is 0 Å². The molecule has 5 rings (SSSR count). The first-order valence-electron chi connectivity index (χ1n) is 12.2. The molecular weight excluding hydrogens is 345 g/mol. The lowest BCUT2D eigenvalue weighted by Crippen LogP contribution is -2.29. The van der Waals surface area contributed by atoms with Crippen LogP contribution in [0, 0.1) is 0 Å². The average molecular weight is 370 g/mol. The maximum atomic E-state index is 9.86. The molecule has 4 aromatic carbocycles. The summed E-state index contributed by atoms with van der Waals surface area (Å²) >= 11 is 0. The Morgan fingerprint density at radius 1 is 0.750 bits per heavy atom. The van der Waals surface area contributed by atoms with E-state index in [0.717, 1.165) is 5.56 Å². The zero-order chi connectivity index (χ0) is 25.2. The highest BCUT2D eigenvalue weighted by Crippen LogP contribution is 2.35. The normalized spacial score (nSPS) is 14.7. The van der Waals surface area contributed by atoms with E-state index in [1.807, 2.05) is 42.5 Å². The van der Waals surface area contributed by atoms with Crippen molar-refractivity contribution >= 4 is 34.4 Å². The predicted molar refractivity (Wildman–Crippen MR) is 116 cm³/mol. The van der Waals surface area contributed by atoms with Crippen LogP contribution in [0.3, 0.4) is 0 Å². The van der Waals surface area contributed by atoms with Crippen molar-refractivity contribution in [2.45, 2.75) is 0 Å². The minimum atomic E-state index is -2.20. The summed E-state index contributed by atoms with van der Waals surface area (Å²) in [4.78, 5) is 0. The quantitative estimate of drug-likeness (QED) is 0.469. The Kier molecular flexibility index (Phi) is 2.59. The molecule has 5 aromatic rings. The number of hydrogen-bond acceptors (Lipinski definition) is 2. The van der Waals surface area contributed by atoms with E-state index in [4.69, 9.17) is 9.60 Å². The minimum Gasteiger partial charge on any atom is -0.423 e. The van der Waals surface area contributed by atoms with Gasteiger partial charge in [0.15, 0.2) is 0 Å². The van der Waals surface area contributed by atoms with Crippen LogP contribution >= 0.6 is 0 Å². The van der Waals surface area contributed by atoms with Gasteiger partial charge in [-0.25, -0.2) is 0 Å². The van der Waals surface area contributed by atoms with Crippen LogP contribution in [0.5, 0.6) is 0 Å². The van der Waals surface area contributed by atoms with Crippen molar-refractivity contribution < 1.29 is 19.6 Å². The molecule has 0 saturated carbocycles. The largest absolute Gasteiger partial charge is 0.488 e. The van der Waals surface area contributed by atoms with E-state index in [-0.39, 0.29) is 27.8 Å². The van der Waals surface area contributed by atoms with E-state index in [2.05, 4.69) is 0 Å². The summed E-state index contributed by atoms with van der Waals surface area (Å²) in [7, 11) is -2.20. The van der Waals surface area contributed by atoms with E-state index in [1.54, 1.807) is 12.1 Å². The molecular formula is C24H18BNO2. The SMILES string of the molecule is [2H]c1c([2H])c([2H])c2c(c1[2H])c1c([2H])c(B(O)O)c([2H])c([2H])c1n2-c1ccccc1-c1ccccc1. The first-order chi connectivity index (χ1) is 16.7. The molecule has 0 saturated heterocycles. The lowest BCUT2D eigenvalue weighted by atomic mass is 9.80. The third kappa shape index (κ3) is 2.62. The van der Waals surface area contributed by atoms with Crippen molar-refractivity contribution in [1.82, 2.24) is 4.57 Å². The Morgan fingerprint density at radius 3 is 2.29 bits per heavy atom. The molecule has 0 aliphatic heterocycles. The molecule has 0 amide bonds. The number of benzene rings is 4. The fourth-order valence-corrected chi connectivity index (χ4v) is 3.43. The number of nitrogens with zero attached hydrogens (tertiary/aromatic N) is 1. The first-order valence-corrected chi connectivity index (χ1v) is 8.71. The fraction of sp³-hybridized carbons (Fsp3) is 0. The van der Waals surface area contributed by atoms with Crippen molar-refractivity contribution in [3.63, 3.8) is 0 Å². The van der Waals surface area contributed by atoms with Crippen molar-refractivity contribution in [2.75, 3.05) is 0 Å². The van der Waals surface area contributed by atoms with Crippen LogP contribution < -0.4 is 5.46 Å². The number of aromatic nitrogens is 1. The molecule has 3 nitrogen and oxygen atoms in total. The molecule has 134 valence electrons. The second-order valence-corrected chi connectivity index (χ2v) is 6.33. The third-order valence-corrected chi connectivity index (χ3v) is 4.66. The topological polar surface area (TPSA) is 45.4 Å². The molecule has 1 heterocycles. The van der Waals surface area contributed by atoms with Crippen molar-refractivity contribution in [1.29, 1.82) is 0 Å². The van der Waals surface area contributed by atoms with Crippen LogP contribution in [-0.2, 0) is 0 Å². The zero-order valence-electron chi connectivity index (χ0n) is 21.6. The molecule has 0 aliphatic rings. The molecule has 0 radical (unpaired) electrons. The van der Waals surface area contributed by atoms with Gasteiger partial charge in [0, 0.05) is 16.3 Å². The van der Waals surface area contributed by atoms with Gasteiger partial charge in [0.25, 0.3) is 0 Å². The van der Waals surface area contributed by atoms with Gasteiger partial charge in [0.05, 0.1) is 26.3 Å². The number of rotatable bonds is 3. The average Bonchev–Trinajstić information content (AvgIpc) is 3.22. The van der Waals surface area contributed by atoms with Crippen LogP contribution in [0.2, 0.25) is 0 Å². The molecule has 0 bridgehead atoms. The summed E-state index contributed by atoms with van der Waals surface area (Å²) in [6.07, 6.45) is 0. The highest BCUT2D eigenvalue weighted by atomic mass is 16.4. The van der Waals surface area contributed by atoms with Crippen LogP contribution in [-0.4, -0.2) is 21.7 Å². The Balaban J connectivity index is 2.11. The van der Waals surface area contributed by atoms with Crippen molar-refractivity contribution in [3.05, 3.63) is 96.9 Å². The first kappa shape index (κ1) is 10.9. The molecule has 0 fully saturated rings. The van der Waals surface area contributed by atoms with Gasteiger partial charge in [-0.1, -0.05) is 78.7 Å². The number of fused-ring (bicyclic) bond motifs is 3. The van der Waals surface area contributed by atoms with Gasteiger partial charge in [-0.2, -0.15) is 0 Å². The maximum Gasteiger partial charge on any atom is 0.488 e. The van der Waals surface area contributed by atoms with E-state index in [1.165, 1.54) is 4.57 Å². The molecule has 1 aromatic heterocycles. The monoisotopic (exact) mass is 370 g/mol. The Bertz CT molecular complexity index is 1650. The zero-order valence-corrected chi connectivity index (χ0v) is 14.6. The summed E-state index contributed by atoms with van der Waals surface area (Å²) in [5.74, 6) is 0. The van der Waals surface area contributed by atoms with Gasteiger partial charge in [0.1, 0.15) is 0 Å². The van der Waals surface area contributed by atoms with Gasteiger partial charge in [-0.05, 0) is 29.2 Å². The third-order valence-electron chi connectivity index (χ3n) is 4.66. The number of para-hydroxylation sites is 2. The second kappa shape index (κ2) is 6.68. The lowest BCUT2D eigenvalue weighted by Gasteiger charge is -2.14. The lowest BCUT2D eigenvalue weighted by molar-refractivity contribution is 0.426. The van der Waals surface area contributed by atoms with Gasteiger partial charge in [-0.3, -0.25) is 0 Å². The standard InChI is InChI=1S/C24H18BNO2/c27-25(28)18-14-15-24-21(16-18)20-11-5-7-13-23(20)26(24)22-12-6-4-10-19(22)17-8-2-1-3-9-17/h1-16,27-28H/i5D,7D,11D,13D,14D,15D,16D. The van der Waals surface area contributed by atoms with Gasteiger partial charge >= 0.3 is 7.12 Å².